The Kier molecular flexibility index (Phi) is 20.9. The van der Waals surface area contributed by atoms with Crippen molar-refractivity contribution in [3.05, 3.63) is 0 Å². The van der Waals surface area contributed by atoms with Crippen LogP contribution in [0.3, 0.4) is 0 Å². The summed E-state index contributed by atoms with van der Waals surface area (Å²) in [4.78, 5) is 11.9. The average molecular weight is 428 g/mol. The van der Waals surface area contributed by atoms with Gasteiger partial charge in [-0.2, -0.15) is 11.8 Å². The van der Waals surface area contributed by atoms with E-state index in [1.807, 2.05) is 11.8 Å². The lowest BCUT2D eigenvalue weighted by Gasteiger charge is -2.24. The number of carbonyl (C=O) groups is 1. The van der Waals surface area contributed by atoms with Crippen LogP contribution >= 0.6 is 11.8 Å². The molecule has 0 bridgehead atoms. The molecule has 0 aromatic carbocycles. The number of unbranched alkanes of at least 4 members (excludes halogenated alkanes) is 15. The van der Waals surface area contributed by atoms with E-state index in [-0.39, 0.29) is 11.4 Å². The molecule has 29 heavy (non-hydrogen) atoms. The van der Waals surface area contributed by atoms with Crippen molar-refractivity contribution in [2.24, 2.45) is 0 Å². The Balaban J connectivity index is 3.16. The zero-order valence-electron chi connectivity index (χ0n) is 20.5. The van der Waals surface area contributed by atoms with Crippen molar-refractivity contribution in [1.29, 1.82) is 0 Å². The van der Waals surface area contributed by atoms with Crippen molar-refractivity contribution < 1.29 is 4.79 Å². The van der Waals surface area contributed by atoms with Crippen molar-refractivity contribution >= 4 is 17.7 Å². The van der Waals surface area contributed by atoms with Gasteiger partial charge in [0.1, 0.15) is 0 Å². The predicted octanol–water partition coefficient (Wildman–Crippen LogP) is 8.68. The predicted molar refractivity (Wildman–Crippen MR) is 134 cm³/mol. The van der Waals surface area contributed by atoms with Crippen molar-refractivity contribution in [3.63, 3.8) is 0 Å². The van der Waals surface area contributed by atoms with Crippen molar-refractivity contribution in [2.75, 3.05) is 11.5 Å². The molecule has 0 spiro atoms. The lowest BCUT2D eigenvalue weighted by atomic mass is 10.0. The van der Waals surface area contributed by atoms with Crippen LogP contribution in [0.25, 0.3) is 0 Å². The van der Waals surface area contributed by atoms with Crippen LogP contribution in [0.15, 0.2) is 0 Å². The number of nitrogens with one attached hydrogen (secondary N) is 1. The van der Waals surface area contributed by atoms with Crippen LogP contribution in [0.5, 0.6) is 0 Å². The van der Waals surface area contributed by atoms with E-state index in [1.165, 1.54) is 108 Å². The first-order valence-electron chi connectivity index (χ1n) is 12.9. The average Bonchev–Trinajstić information content (AvgIpc) is 2.69. The number of hydrogen-bond donors (Lipinski definition) is 1. The van der Waals surface area contributed by atoms with Crippen LogP contribution in [0.4, 0.5) is 0 Å². The second-order valence-electron chi connectivity index (χ2n) is 9.45. The van der Waals surface area contributed by atoms with Gasteiger partial charge >= 0.3 is 0 Å². The SMILES string of the molecule is CCCCCCCCCCCCCCCCCCSCCC(=O)NC(C)(C)CC. The fraction of sp³-hybridized carbons (Fsp3) is 0.962. The van der Waals surface area contributed by atoms with Crippen molar-refractivity contribution in [3.8, 4) is 0 Å². The van der Waals surface area contributed by atoms with Crippen LogP contribution in [-0.2, 0) is 4.79 Å². The summed E-state index contributed by atoms with van der Waals surface area (Å²) in [6.45, 7) is 8.59. The van der Waals surface area contributed by atoms with Gasteiger partial charge in [0.05, 0.1) is 0 Å². The molecule has 0 aliphatic heterocycles. The third-order valence-corrected chi connectivity index (χ3v) is 7.05. The molecule has 0 radical (unpaired) electrons. The highest BCUT2D eigenvalue weighted by Crippen LogP contribution is 2.15. The lowest BCUT2D eigenvalue weighted by molar-refractivity contribution is -0.122. The smallest absolute Gasteiger partial charge is 0.221 e. The first kappa shape index (κ1) is 28.8. The number of hydrogen-bond acceptors (Lipinski definition) is 2. The first-order valence-corrected chi connectivity index (χ1v) is 14.1. The van der Waals surface area contributed by atoms with Crippen LogP contribution in [0.2, 0.25) is 0 Å². The summed E-state index contributed by atoms with van der Waals surface area (Å²) >= 11 is 1.94. The molecule has 1 N–H and O–H groups in total. The summed E-state index contributed by atoms with van der Waals surface area (Å²) in [6.07, 6.45) is 24.4. The molecule has 3 heteroatoms. The molecule has 0 atom stereocenters. The second-order valence-corrected chi connectivity index (χ2v) is 10.7. The third-order valence-electron chi connectivity index (χ3n) is 5.98. The van der Waals surface area contributed by atoms with E-state index in [2.05, 4.69) is 33.0 Å². The molecule has 1 amide bonds. The van der Waals surface area contributed by atoms with Gasteiger partial charge < -0.3 is 5.32 Å². The number of thioether (sulfide) groups is 1. The van der Waals surface area contributed by atoms with Gasteiger partial charge in [-0.15, -0.1) is 0 Å². The Morgan fingerprint density at radius 1 is 0.655 bits per heavy atom. The minimum Gasteiger partial charge on any atom is -0.351 e. The fourth-order valence-electron chi connectivity index (χ4n) is 3.55. The molecule has 0 aliphatic rings. The van der Waals surface area contributed by atoms with Gasteiger partial charge in [-0.05, 0) is 32.4 Å². The normalized spacial score (nSPS) is 11.7. The molecule has 0 aromatic rings. The Morgan fingerprint density at radius 3 is 1.48 bits per heavy atom. The monoisotopic (exact) mass is 427 g/mol. The summed E-state index contributed by atoms with van der Waals surface area (Å²) in [7, 11) is 0. The van der Waals surface area contributed by atoms with Crippen molar-refractivity contribution in [1.82, 2.24) is 5.32 Å². The maximum atomic E-state index is 11.9. The molecule has 0 aromatic heterocycles. The summed E-state index contributed by atoms with van der Waals surface area (Å²) in [6, 6.07) is 0. The Labute approximate surface area is 188 Å². The molecule has 0 rings (SSSR count). The van der Waals surface area contributed by atoms with Crippen LogP contribution in [0, 0.1) is 0 Å². The van der Waals surface area contributed by atoms with E-state index in [9.17, 15) is 4.79 Å². The van der Waals surface area contributed by atoms with Crippen LogP contribution in [0.1, 0.15) is 143 Å². The molecule has 0 heterocycles. The zero-order chi connectivity index (χ0) is 21.6. The van der Waals surface area contributed by atoms with E-state index in [0.29, 0.717) is 6.42 Å². The largest absolute Gasteiger partial charge is 0.351 e. The molecular formula is C26H53NOS. The van der Waals surface area contributed by atoms with Gasteiger partial charge in [0.15, 0.2) is 0 Å². The highest BCUT2D eigenvalue weighted by molar-refractivity contribution is 7.99. The molecule has 0 fully saturated rings. The molecule has 0 saturated heterocycles. The lowest BCUT2D eigenvalue weighted by Crippen LogP contribution is -2.42. The number of rotatable bonds is 22. The van der Waals surface area contributed by atoms with Crippen LogP contribution in [-0.4, -0.2) is 23.0 Å². The minimum absolute atomic E-state index is 0.0599. The molecule has 0 unspecified atom stereocenters. The Bertz CT molecular complexity index is 357. The molecular weight excluding hydrogens is 374 g/mol. The summed E-state index contributed by atoms with van der Waals surface area (Å²) in [5.74, 6) is 2.38. The van der Waals surface area contributed by atoms with E-state index in [1.54, 1.807) is 0 Å². The molecule has 0 aliphatic carbocycles. The minimum atomic E-state index is -0.0599. The van der Waals surface area contributed by atoms with Gasteiger partial charge in [-0.25, -0.2) is 0 Å². The number of carbonyl (C=O) groups excluding carboxylic acids is 1. The van der Waals surface area contributed by atoms with Crippen molar-refractivity contribution in [2.45, 2.75) is 149 Å². The van der Waals surface area contributed by atoms with E-state index in [0.717, 1.165) is 12.2 Å². The first-order chi connectivity index (χ1) is 14.0. The Hall–Kier alpha value is -0.180. The highest BCUT2D eigenvalue weighted by atomic mass is 32.2. The quantitative estimate of drug-likeness (QED) is 0.175. The van der Waals surface area contributed by atoms with Gasteiger partial charge in [-0.1, -0.05) is 110 Å². The van der Waals surface area contributed by atoms with Crippen LogP contribution < -0.4 is 5.32 Å². The highest BCUT2D eigenvalue weighted by Gasteiger charge is 2.17. The molecule has 0 saturated carbocycles. The second kappa shape index (κ2) is 21.1. The van der Waals surface area contributed by atoms with Gasteiger partial charge in [0.25, 0.3) is 0 Å². The summed E-state index contributed by atoms with van der Waals surface area (Å²) in [5.41, 5.74) is -0.0599. The van der Waals surface area contributed by atoms with Gasteiger partial charge in [0, 0.05) is 17.7 Å². The van der Waals surface area contributed by atoms with Gasteiger partial charge in [-0.3, -0.25) is 4.79 Å². The maximum absolute atomic E-state index is 11.9. The molecule has 174 valence electrons. The fourth-order valence-corrected chi connectivity index (χ4v) is 4.49. The van der Waals surface area contributed by atoms with E-state index in [4.69, 9.17) is 0 Å². The summed E-state index contributed by atoms with van der Waals surface area (Å²) in [5, 5.41) is 3.11. The van der Waals surface area contributed by atoms with E-state index < -0.39 is 0 Å². The standard InChI is InChI=1S/C26H53NOS/c1-5-7-8-9-10-11-12-13-14-15-16-17-18-19-20-21-23-29-24-22-25(28)27-26(3,4)6-2/h5-24H2,1-4H3,(H,27,28). The topological polar surface area (TPSA) is 29.1 Å². The number of amides is 1. The molecule has 2 nitrogen and oxygen atoms in total. The third kappa shape index (κ3) is 22.3. The van der Waals surface area contributed by atoms with E-state index >= 15 is 0 Å². The zero-order valence-corrected chi connectivity index (χ0v) is 21.3. The van der Waals surface area contributed by atoms with Gasteiger partial charge in [0.2, 0.25) is 5.91 Å². The maximum Gasteiger partial charge on any atom is 0.221 e. The Morgan fingerprint density at radius 2 is 1.07 bits per heavy atom. The summed E-state index contributed by atoms with van der Waals surface area (Å²) < 4.78 is 0.